The summed E-state index contributed by atoms with van der Waals surface area (Å²) in [5, 5.41) is 3.14. The van der Waals surface area contributed by atoms with E-state index in [4.69, 9.17) is 4.74 Å². The van der Waals surface area contributed by atoms with Gasteiger partial charge in [-0.3, -0.25) is 9.10 Å². The summed E-state index contributed by atoms with van der Waals surface area (Å²) in [7, 11) is -3.99. The molecule has 1 atom stereocenters. The summed E-state index contributed by atoms with van der Waals surface area (Å²) >= 11 is 0. The average molecular weight is 521 g/mol. The summed E-state index contributed by atoms with van der Waals surface area (Å²) in [6.45, 7) is 9.59. The van der Waals surface area contributed by atoms with Crippen LogP contribution in [-0.4, -0.2) is 26.5 Å². The summed E-state index contributed by atoms with van der Waals surface area (Å²) in [6.07, 6.45) is 2.23. The molecule has 0 saturated carbocycles. The number of amides is 1. The minimum absolute atomic E-state index is 0.150. The fraction of sp³-hybridized carbons (Fsp3) is 0.367. The standard InChI is InChI=1S/C30H36N2O4S/c1-6-30(7-2)19-27(26-10-8-9-11-28(26)36-30)31-29(33)20-32(24-17-22(4)16-23(5)18-24)37(34,35)25-14-12-21(3)13-15-25/h8-18,27H,6-7,19-20H2,1-5H3,(H,31,33). The van der Waals surface area contributed by atoms with Crippen molar-refractivity contribution in [3.8, 4) is 5.75 Å². The van der Waals surface area contributed by atoms with Crippen LogP contribution < -0.4 is 14.4 Å². The summed E-state index contributed by atoms with van der Waals surface area (Å²) in [5.74, 6) is 0.402. The first-order valence-electron chi connectivity index (χ1n) is 12.8. The molecule has 1 N–H and O–H groups in total. The Labute approximate surface area is 220 Å². The number of carbonyl (C=O) groups excluding carboxylic acids is 1. The van der Waals surface area contributed by atoms with Crippen LogP contribution >= 0.6 is 0 Å². The van der Waals surface area contributed by atoms with Crippen molar-refractivity contribution in [1.29, 1.82) is 0 Å². The van der Waals surface area contributed by atoms with Crippen molar-refractivity contribution in [3.05, 3.63) is 89.0 Å². The number of ether oxygens (including phenoxy) is 1. The summed E-state index contributed by atoms with van der Waals surface area (Å²) in [4.78, 5) is 13.7. The molecule has 196 valence electrons. The van der Waals surface area contributed by atoms with Gasteiger partial charge in [0.1, 0.15) is 17.9 Å². The molecule has 0 spiro atoms. The minimum atomic E-state index is -3.99. The number of anilines is 1. The van der Waals surface area contributed by atoms with Crippen LogP contribution in [0.3, 0.4) is 0 Å². The van der Waals surface area contributed by atoms with Gasteiger partial charge in [0, 0.05) is 12.0 Å². The summed E-state index contributed by atoms with van der Waals surface area (Å²) in [5.41, 5.74) is 3.81. The second-order valence-electron chi connectivity index (χ2n) is 10.0. The normalized spacial score (nSPS) is 16.4. The summed E-state index contributed by atoms with van der Waals surface area (Å²) < 4.78 is 35.2. The maximum Gasteiger partial charge on any atom is 0.264 e. The van der Waals surface area contributed by atoms with Crippen LogP contribution in [0.4, 0.5) is 5.69 Å². The molecule has 3 aromatic rings. The molecule has 1 aliphatic rings. The molecule has 0 aromatic heterocycles. The number of rotatable bonds is 8. The Balaban J connectivity index is 1.68. The van der Waals surface area contributed by atoms with E-state index in [1.54, 1.807) is 36.4 Å². The molecule has 7 heteroatoms. The van der Waals surface area contributed by atoms with Crippen molar-refractivity contribution in [1.82, 2.24) is 5.32 Å². The smallest absolute Gasteiger partial charge is 0.264 e. The Morgan fingerprint density at radius 2 is 1.57 bits per heavy atom. The first-order chi connectivity index (χ1) is 17.6. The molecule has 0 fully saturated rings. The molecule has 6 nitrogen and oxygen atoms in total. The topological polar surface area (TPSA) is 75.7 Å². The van der Waals surface area contributed by atoms with Crippen molar-refractivity contribution in [3.63, 3.8) is 0 Å². The number of nitrogens with zero attached hydrogens (tertiary/aromatic N) is 1. The molecule has 37 heavy (non-hydrogen) atoms. The highest BCUT2D eigenvalue weighted by atomic mass is 32.2. The molecule has 3 aromatic carbocycles. The highest BCUT2D eigenvalue weighted by molar-refractivity contribution is 7.92. The predicted octanol–water partition coefficient (Wildman–Crippen LogP) is 6.01. The van der Waals surface area contributed by atoms with E-state index in [0.29, 0.717) is 12.1 Å². The molecule has 1 aliphatic heterocycles. The number of fused-ring (bicyclic) bond motifs is 1. The lowest BCUT2D eigenvalue weighted by atomic mass is 9.83. The van der Waals surface area contributed by atoms with Crippen molar-refractivity contribution in [2.24, 2.45) is 0 Å². The van der Waals surface area contributed by atoms with Gasteiger partial charge in [-0.1, -0.05) is 55.8 Å². The molecule has 1 unspecified atom stereocenters. The third-order valence-corrected chi connectivity index (χ3v) is 9.00. The number of carbonyl (C=O) groups is 1. The fourth-order valence-corrected chi connectivity index (χ4v) is 6.45. The lowest BCUT2D eigenvalue weighted by Crippen LogP contribution is -2.47. The van der Waals surface area contributed by atoms with Gasteiger partial charge in [-0.25, -0.2) is 8.42 Å². The Morgan fingerprint density at radius 3 is 2.19 bits per heavy atom. The number of para-hydroxylation sites is 1. The van der Waals surface area contributed by atoms with Crippen LogP contribution in [0.15, 0.2) is 71.6 Å². The zero-order valence-corrected chi connectivity index (χ0v) is 23.1. The first kappa shape index (κ1) is 26.7. The quantitative estimate of drug-likeness (QED) is 0.395. The second-order valence-corrected chi connectivity index (χ2v) is 11.9. The zero-order valence-electron chi connectivity index (χ0n) is 22.2. The van der Waals surface area contributed by atoms with E-state index in [2.05, 4.69) is 19.2 Å². The van der Waals surface area contributed by atoms with Gasteiger partial charge < -0.3 is 10.1 Å². The number of hydrogen-bond acceptors (Lipinski definition) is 4. The van der Waals surface area contributed by atoms with Gasteiger partial charge in [-0.15, -0.1) is 0 Å². The van der Waals surface area contributed by atoms with Crippen molar-refractivity contribution < 1.29 is 17.9 Å². The zero-order chi connectivity index (χ0) is 26.8. The Kier molecular flexibility index (Phi) is 7.64. The number of aryl methyl sites for hydroxylation is 3. The van der Waals surface area contributed by atoms with Crippen LogP contribution in [-0.2, 0) is 14.8 Å². The number of nitrogens with one attached hydrogen (secondary N) is 1. The highest BCUT2D eigenvalue weighted by Gasteiger charge is 2.39. The van der Waals surface area contributed by atoms with E-state index in [-0.39, 0.29) is 29.0 Å². The fourth-order valence-electron chi connectivity index (χ4n) is 5.05. The van der Waals surface area contributed by atoms with Gasteiger partial charge >= 0.3 is 0 Å². The monoisotopic (exact) mass is 520 g/mol. The Hall–Kier alpha value is -3.32. The average Bonchev–Trinajstić information content (AvgIpc) is 2.86. The molecular formula is C30H36N2O4S. The maximum atomic E-state index is 13.8. The van der Waals surface area contributed by atoms with Crippen molar-refractivity contribution in [2.45, 2.75) is 70.4 Å². The van der Waals surface area contributed by atoms with Crippen molar-refractivity contribution >= 4 is 21.6 Å². The van der Waals surface area contributed by atoms with Gasteiger partial charge in [0.15, 0.2) is 0 Å². The van der Waals surface area contributed by atoms with Crippen LogP contribution in [0.2, 0.25) is 0 Å². The van der Waals surface area contributed by atoms with Crippen LogP contribution in [0.25, 0.3) is 0 Å². The second kappa shape index (κ2) is 10.6. The van der Waals surface area contributed by atoms with Gasteiger partial charge in [-0.2, -0.15) is 0 Å². The molecule has 0 bridgehead atoms. The number of benzene rings is 3. The van der Waals surface area contributed by atoms with E-state index in [9.17, 15) is 13.2 Å². The van der Waals surface area contributed by atoms with E-state index >= 15 is 0 Å². The lowest BCUT2D eigenvalue weighted by molar-refractivity contribution is -0.121. The van der Waals surface area contributed by atoms with Crippen LogP contribution in [0.5, 0.6) is 5.75 Å². The van der Waals surface area contributed by atoms with Gasteiger partial charge in [0.2, 0.25) is 5.91 Å². The third kappa shape index (κ3) is 5.67. The Morgan fingerprint density at radius 1 is 0.946 bits per heavy atom. The number of hydrogen-bond donors (Lipinski definition) is 1. The molecule has 4 rings (SSSR count). The van der Waals surface area contributed by atoms with Gasteiger partial charge in [0.05, 0.1) is 16.6 Å². The minimum Gasteiger partial charge on any atom is -0.487 e. The SMILES string of the molecule is CCC1(CC)CC(NC(=O)CN(c2cc(C)cc(C)c2)S(=O)(=O)c2ccc(C)cc2)c2ccccc2O1. The maximum absolute atomic E-state index is 13.8. The van der Waals surface area contributed by atoms with E-state index in [1.807, 2.05) is 51.1 Å². The first-order valence-corrected chi connectivity index (χ1v) is 14.3. The molecule has 0 saturated heterocycles. The van der Waals surface area contributed by atoms with E-state index in [1.165, 1.54) is 4.31 Å². The molecular weight excluding hydrogens is 484 g/mol. The van der Waals surface area contributed by atoms with Gasteiger partial charge in [-0.05, 0) is 75.1 Å². The lowest BCUT2D eigenvalue weighted by Gasteiger charge is -2.41. The molecule has 1 heterocycles. The highest BCUT2D eigenvalue weighted by Crippen LogP contribution is 2.42. The largest absolute Gasteiger partial charge is 0.487 e. The van der Waals surface area contributed by atoms with Crippen molar-refractivity contribution in [2.75, 3.05) is 10.8 Å². The third-order valence-electron chi connectivity index (χ3n) is 7.21. The van der Waals surface area contributed by atoms with Crippen LogP contribution in [0.1, 0.15) is 61.4 Å². The van der Waals surface area contributed by atoms with Gasteiger partial charge in [0.25, 0.3) is 10.0 Å². The Bertz CT molecular complexity index is 1360. The van der Waals surface area contributed by atoms with Crippen LogP contribution in [0, 0.1) is 20.8 Å². The summed E-state index contributed by atoms with van der Waals surface area (Å²) in [6, 6.07) is 19.7. The molecule has 0 radical (unpaired) electrons. The molecule has 0 aliphatic carbocycles. The molecule has 1 amide bonds. The van der Waals surface area contributed by atoms with E-state index in [0.717, 1.165) is 40.8 Å². The van der Waals surface area contributed by atoms with E-state index < -0.39 is 10.0 Å². The predicted molar refractivity (Wildman–Crippen MR) is 148 cm³/mol. The number of sulfonamides is 1.